The van der Waals surface area contributed by atoms with Crippen LogP contribution in [0.15, 0.2) is 42.5 Å². The van der Waals surface area contributed by atoms with E-state index in [1.165, 1.54) is 9.87 Å². The minimum Gasteiger partial charge on any atom is -0.347 e. The van der Waals surface area contributed by atoms with Gasteiger partial charge in [0.1, 0.15) is 6.04 Å². The van der Waals surface area contributed by atoms with Crippen LogP contribution in [0.2, 0.25) is 5.02 Å². The molecule has 29 heavy (non-hydrogen) atoms. The van der Waals surface area contributed by atoms with Gasteiger partial charge in [-0.1, -0.05) is 48.9 Å². The zero-order valence-corrected chi connectivity index (χ0v) is 18.6. The second-order valence-corrected chi connectivity index (χ2v) is 9.84. The minimum absolute atomic E-state index is 0.107. The number of nitrogens with one attached hydrogen (secondary N) is 1. The van der Waals surface area contributed by atoms with Gasteiger partial charge in [-0.3, -0.25) is 9.10 Å². The van der Waals surface area contributed by atoms with E-state index >= 15 is 0 Å². The molecule has 7 heteroatoms. The Balaban J connectivity index is 1.91. The number of hydrogen-bond donors (Lipinski definition) is 1. The first-order chi connectivity index (χ1) is 13.7. The summed E-state index contributed by atoms with van der Waals surface area (Å²) in [5.41, 5.74) is 3.60. The van der Waals surface area contributed by atoms with Crippen LogP contribution in [0.1, 0.15) is 48.9 Å². The van der Waals surface area contributed by atoms with Gasteiger partial charge in [0.2, 0.25) is 15.9 Å². The Kier molecular flexibility index (Phi) is 6.54. The monoisotopic (exact) mass is 434 g/mol. The Morgan fingerprint density at radius 3 is 2.66 bits per heavy atom. The van der Waals surface area contributed by atoms with Gasteiger partial charge in [0, 0.05) is 5.02 Å². The SMILES string of the molecule is CC[C@@H](C(=O)N[C@H]1CCCc2ccccc21)N(c1ccc(C)c(Cl)c1)S(C)(=O)=O. The summed E-state index contributed by atoms with van der Waals surface area (Å²) in [5.74, 6) is -0.295. The van der Waals surface area contributed by atoms with Gasteiger partial charge in [-0.05, 0) is 61.4 Å². The van der Waals surface area contributed by atoms with Crippen molar-refractivity contribution in [3.8, 4) is 0 Å². The molecule has 156 valence electrons. The van der Waals surface area contributed by atoms with Crippen molar-refractivity contribution in [3.05, 3.63) is 64.2 Å². The summed E-state index contributed by atoms with van der Waals surface area (Å²) in [7, 11) is -3.69. The predicted octanol–water partition coefficient (Wildman–Crippen LogP) is 4.39. The molecule has 0 bridgehead atoms. The lowest BCUT2D eigenvalue weighted by atomic mass is 9.87. The first kappa shape index (κ1) is 21.7. The van der Waals surface area contributed by atoms with Gasteiger partial charge in [0.25, 0.3) is 0 Å². The molecule has 1 aliphatic rings. The zero-order chi connectivity index (χ0) is 21.2. The summed E-state index contributed by atoms with van der Waals surface area (Å²) in [6, 6.07) is 12.2. The molecule has 0 fully saturated rings. The number of anilines is 1. The molecule has 1 aliphatic carbocycles. The van der Waals surface area contributed by atoms with Gasteiger partial charge in [-0.2, -0.15) is 0 Å². The Hall–Kier alpha value is -2.05. The number of fused-ring (bicyclic) bond motifs is 1. The molecule has 0 aromatic heterocycles. The standard InChI is InChI=1S/C22H27ClN2O3S/c1-4-21(25(29(3,27)28)17-13-12-15(2)19(23)14-17)22(26)24-20-11-7-9-16-8-5-6-10-18(16)20/h5-6,8,10,12-14,20-21H,4,7,9,11H2,1-3H3,(H,24,26)/t20-,21-/m0/s1. The second kappa shape index (κ2) is 8.76. The molecular formula is C22H27ClN2O3S. The molecule has 0 spiro atoms. The summed E-state index contributed by atoms with van der Waals surface area (Å²) >= 11 is 6.23. The molecular weight excluding hydrogens is 408 g/mol. The largest absolute Gasteiger partial charge is 0.347 e. The number of aryl methyl sites for hydroxylation is 2. The van der Waals surface area contributed by atoms with E-state index in [2.05, 4.69) is 11.4 Å². The van der Waals surface area contributed by atoms with E-state index in [1.807, 2.05) is 32.0 Å². The van der Waals surface area contributed by atoms with Crippen LogP contribution >= 0.6 is 11.6 Å². The molecule has 2 atom stereocenters. The number of sulfonamides is 1. The van der Waals surface area contributed by atoms with Crippen molar-refractivity contribution >= 4 is 33.2 Å². The van der Waals surface area contributed by atoms with E-state index in [0.717, 1.165) is 36.6 Å². The van der Waals surface area contributed by atoms with Gasteiger partial charge in [-0.25, -0.2) is 8.42 Å². The maximum atomic E-state index is 13.2. The van der Waals surface area contributed by atoms with Gasteiger partial charge in [0.05, 0.1) is 18.0 Å². The molecule has 1 amide bonds. The van der Waals surface area contributed by atoms with Gasteiger partial charge < -0.3 is 5.32 Å². The molecule has 5 nitrogen and oxygen atoms in total. The van der Waals surface area contributed by atoms with Crippen molar-refractivity contribution in [2.24, 2.45) is 0 Å². The van der Waals surface area contributed by atoms with Crippen molar-refractivity contribution < 1.29 is 13.2 Å². The van der Waals surface area contributed by atoms with Crippen LogP contribution in [-0.4, -0.2) is 26.6 Å². The van der Waals surface area contributed by atoms with Crippen LogP contribution in [0.3, 0.4) is 0 Å². The van der Waals surface area contributed by atoms with Crippen molar-refractivity contribution in [1.29, 1.82) is 0 Å². The third-order valence-electron chi connectivity index (χ3n) is 5.43. The number of nitrogens with zero attached hydrogens (tertiary/aromatic N) is 1. The fourth-order valence-corrected chi connectivity index (χ4v) is 5.33. The smallest absolute Gasteiger partial charge is 0.244 e. The van der Waals surface area contributed by atoms with Crippen molar-refractivity contribution in [3.63, 3.8) is 0 Å². The average Bonchev–Trinajstić information content (AvgIpc) is 2.67. The summed E-state index contributed by atoms with van der Waals surface area (Å²) in [6.45, 7) is 3.66. The van der Waals surface area contributed by atoms with Crippen LogP contribution in [-0.2, 0) is 21.2 Å². The molecule has 2 aromatic carbocycles. The molecule has 3 rings (SSSR count). The molecule has 0 radical (unpaired) electrons. The molecule has 0 aliphatic heterocycles. The fraction of sp³-hybridized carbons (Fsp3) is 0.409. The molecule has 1 N–H and O–H groups in total. The van der Waals surface area contributed by atoms with Gasteiger partial charge in [-0.15, -0.1) is 0 Å². The molecule has 0 saturated heterocycles. The Labute approximate surface area is 178 Å². The van der Waals surface area contributed by atoms with E-state index in [1.54, 1.807) is 18.2 Å². The highest BCUT2D eigenvalue weighted by molar-refractivity contribution is 7.92. The molecule has 2 aromatic rings. The van der Waals surface area contributed by atoms with E-state index < -0.39 is 16.1 Å². The number of halogens is 1. The highest BCUT2D eigenvalue weighted by Crippen LogP contribution is 2.31. The lowest BCUT2D eigenvalue weighted by Gasteiger charge is -2.33. The Bertz CT molecular complexity index is 1010. The highest BCUT2D eigenvalue weighted by Gasteiger charge is 2.33. The Morgan fingerprint density at radius 1 is 1.28 bits per heavy atom. The van der Waals surface area contributed by atoms with Crippen LogP contribution in [0, 0.1) is 6.92 Å². The molecule has 0 heterocycles. The first-order valence-electron chi connectivity index (χ1n) is 9.86. The van der Waals surface area contributed by atoms with Crippen molar-refractivity contribution in [2.75, 3.05) is 10.6 Å². The zero-order valence-electron chi connectivity index (χ0n) is 17.0. The van der Waals surface area contributed by atoms with Gasteiger partial charge >= 0.3 is 0 Å². The number of carbonyl (C=O) groups is 1. The number of amides is 1. The van der Waals surface area contributed by atoms with E-state index in [-0.39, 0.29) is 11.9 Å². The maximum absolute atomic E-state index is 13.2. The van der Waals surface area contributed by atoms with E-state index in [4.69, 9.17) is 11.6 Å². The third-order valence-corrected chi connectivity index (χ3v) is 7.01. The van der Waals surface area contributed by atoms with Crippen LogP contribution in [0.4, 0.5) is 5.69 Å². The average molecular weight is 435 g/mol. The first-order valence-corrected chi connectivity index (χ1v) is 12.1. The van der Waals surface area contributed by atoms with Gasteiger partial charge in [0.15, 0.2) is 0 Å². The normalized spacial score (nSPS) is 17.3. The van der Waals surface area contributed by atoms with Crippen LogP contribution < -0.4 is 9.62 Å². The van der Waals surface area contributed by atoms with Crippen molar-refractivity contribution in [1.82, 2.24) is 5.32 Å². The topological polar surface area (TPSA) is 66.5 Å². The van der Waals surface area contributed by atoms with Crippen molar-refractivity contribution in [2.45, 2.75) is 51.6 Å². The molecule has 0 saturated carbocycles. The summed E-state index contributed by atoms with van der Waals surface area (Å²) < 4.78 is 26.4. The highest BCUT2D eigenvalue weighted by atomic mass is 35.5. The van der Waals surface area contributed by atoms with Crippen LogP contribution in [0.5, 0.6) is 0 Å². The summed E-state index contributed by atoms with van der Waals surface area (Å²) in [4.78, 5) is 13.2. The summed E-state index contributed by atoms with van der Waals surface area (Å²) in [5, 5.41) is 3.56. The fourth-order valence-electron chi connectivity index (χ4n) is 3.95. The number of hydrogen-bond acceptors (Lipinski definition) is 3. The predicted molar refractivity (Wildman–Crippen MR) is 118 cm³/mol. The third kappa shape index (κ3) is 4.75. The minimum atomic E-state index is -3.69. The number of benzene rings is 2. The quantitative estimate of drug-likeness (QED) is 0.733. The van der Waals surface area contributed by atoms with Crippen LogP contribution in [0.25, 0.3) is 0 Å². The second-order valence-electron chi connectivity index (χ2n) is 7.57. The Morgan fingerprint density at radius 2 is 2.00 bits per heavy atom. The summed E-state index contributed by atoms with van der Waals surface area (Å²) in [6.07, 6.45) is 4.29. The lowest BCUT2D eigenvalue weighted by Crippen LogP contribution is -2.50. The van der Waals surface area contributed by atoms with E-state index in [9.17, 15) is 13.2 Å². The molecule has 0 unspecified atom stereocenters. The van der Waals surface area contributed by atoms with E-state index in [0.29, 0.717) is 17.1 Å². The number of rotatable bonds is 6. The lowest BCUT2D eigenvalue weighted by molar-refractivity contribution is -0.123. The maximum Gasteiger partial charge on any atom is 0.244 e. The number of carbonyl (C=O) groups excluding carboxylic acids is 1.